The molecule has 0 aliphatic carbocycles. The quantitative estimate of drug-likeness (QED) is 0.461. The normalized spacial score (nSPS) is 11.0. The summed E-state index contributed by atoms with van der Waals surface area (Å²) in [7, 11) is 0. The molecular weight excluding hydrogens is 222 g/mol. The molecule has 5 nitrogen and oxygen atoms in total. The summed E-state index contributed by atoms with van der Waals surface area (Å²) in [4.78, 5) is 26.6. The molecule has 5 heteroatoms. The van der Waals surface area contributed by atoms with Gasteiger partial charge in [-0.2, -0.15) is 5.06 Å². The van der Waals surface area contributed by atoms with Crippen LogP contribution in [0.2, 0.25) is 0 Å². The van der Waals surface area contributed by atoms with Crippen molar-refractivity contribution < 1.29 is 19.5 Å². The number of hydrogen-bond acceptors (Lipinski definition) is 3. The van der Waals surface area contributed by atoms with Crippen LogP contribution in [0.3, 0.4) is 0 Å². The zero-order valence-corrected chi connectivity index (χ0v) is 9.37. The smallest absolute Gasteiger partial charge is 0.354 e. The number of carbonyl (C=O) groups excluding carboxylic acids is 1. The number of carboxylic acid groups (broad SMARTS) is 1. The zero-order chi connectivity index (χ0) is 12.7. The first kappa shape index (κ1) is 12.9. The molecule has 0 aliphatic rings. The van der Waals surface area contributed by atoms with Crippen LogP contribution in [0.5, 0.6) is 0 Å². The van der Waals surface area contributed by atoms with Gasteiger partial charge >= 0.3 is 5.97 Å². The summed E-state index contributed by atoms with van der Waals surface area (Å²) in [6.07, 6.45) is 1.62. The topological polar surface area (TPSA) is 66.8 Å². The SMILES string of the molecule is C/C=C(\C(=O)O)N(C=O)OCc1ccccc1. The predicted molar refractivity (Wildman–Crippen MR) is 60.5 cm³/mol. The van der Waals surface area contributed by atoms with Gasteiger partial charge in [0.15, 0.2) is 5.70 Å². The first-order chi connectivity index (χ1) is 8.19. The molecule has 0 unspecified atom stereocenters. The number of amides is 1. The van der Waals surface area contributed by atoms with Crippen molar-refractivity contribution in [3.8, 4) is 0 Å². The van der Waals surface area contributed by atoms with Crippen LogP contribution in [-0.2, 0) is 21.0 Å². The Morgan fingerprint density at radius 1 is 1.41 bits per heavy atom. The van der Waals surface area contributed by atoms with Crippen molar-refractivity contribution in [1.82, 2.24) is 5.06 Å². The van der Waals surface area contributed by atoms with Crippen LogP contribution in [0.25, 0.3) is 0 Å². The number of nitrogens with zero attached hydrogens (tertiary/aromatic N) is 1. The summed E-state index contributed by atoms with van der Waals surface area (Å²) in [5, 5.41) is 9.53. The molecule has 0 spiro atoms. The highest BCUT2D eigenvalue weighted by Gasteiger charge is 2.15. The van der Waals surface area contributed by atoms with E-state index in [2.05, 4.69) is 0 Å². The van der Waals surface area contributed by atoms with Crippen molar-refractivity contribution in [2.45, 2.75) is 13.5 Å². The lowest BCUT2D eigenvalue weighted by atomic mass is 10.2. The highest BCUT2D eigenvalue weighted by Crippen LogP contribution is 2.07. The summed E-state index contributed by atoms with van der Waals surface area (Å²) in [6, 6.07) is 9.16. The van der Waals surface area contributed by atoms with Gasteiger partial charge in [-0.05, 0) is 12.5 Å². The van der Waals surface area contributed by atoms with E-state index in [9.17, 15) is 9.59 Å². The summed E-state index contributed by atoms with van der Waals surface area (Å²) < 4.78 is 0. The minimum atomic E-state index is -1.22. The van der Waals surface area contributed by atoms with Gasteiger partial charge < -0.3 is 5.11 Å². The highest BCUT2D eigenvalue weighted by molar-refractivity contribution is 5.87. The molecule has 0 heterocycles. The Balaban J connectivity index is 2.65. The lowest BCUT2D eigenvalue weighted by molar-refractivity contribution is -0.171. The van der Waals surface area contributed by atoms with E-state index in [0.29, 0.717) is 11.5 Å². The van der Waals surface area contributed by atoms with Gasteiger partial charge in [-0.3, -0.25) is 9.63 Å². The Morgan fingerprint density at radius 2 is 2.06 bits per heavy atom. The molecule has 1 N–H and O–H groups in total. The number of benzene rings is 1. The fourth-order valence-electron chi connectivity index (χ4n) is 1.22. The molecule has 90 valence electrons. The van der Waals surface area contributed by atoms with Gasteiger partial charge in [-0.1, -0.05) is 36.4 Å². The molecule has 0 atom stereocenters. The van der Waals surface area contributed by atoms with Gasteiger partial charge in [0.2, 0.25) is 6.41 Å². The van der Waals surface area contributed by atoms with Crippen LogP contribution >= 0.6 is 0 Å². The van der Waals surface area contributed by atoms with E-state index >= 15 is 0 Å². The Kier molecular flexibility index (Phi) is 4.90. The molecule has 1 rings (SSSR count). The lowest BCUT2D eigenvalue weighted by Crippen LogP contribution is -2.26. The van der Waals surface area contributed by atoms with Crippen molar-refractivity contribution in [3.05, 3.63) is 47.7 Å². The van der Waals surface area contributed by atoms with Crippen LogP contribution in [0, 0.1) is 0 Å². The molecular formula is C12H13NO4. The molecule has 0 radical (unpaired) electrons. The average Bonchev–Trinajstić information content (AvgIpc) is 2.35. The molecule has 1 amide bonds. The summed E-state index contributed by atoms with van der Waals surface area (Å²) >= 11 is 0. The Labute approximate surface area is 98.9 Å². The predicted octanol–water partition coefficient (Wildman–Crippen LogP) is 1.56. The van der Waals surface area contributed by atoms with Crippen LogP contribution < -0.4 is 0 Å². The number of carbonyl (C=O) groups is 2. The fourth-order valence-corrected chi connectivity index (χ4v) is 1.22. The first-order valence-electron chi connectivity index (χ1n) is 5.00. The van der Waals surface area contributed by atoms with Crippen molar-refractivity contribution in [2.75, 3.05) is 0 Å². The Bertz CT molecular complexity index is 414. The maximum Gasteiger partial charge on any atom is 0.354 e. The summed E-state index contributed by atoms with van der Waals surface area (Å²) in [5.41, 5.74) is 0.635. The number of rotatable bonds is 6. The van der Waals surface area contributed by atoms with Crippen molar-refractivity contribution in [2.24, 2.45) is 0 Å². The maximum atomic E-state index is 10.8. The number of hydrogen-bond donors (Lipinski definition) is 1. The minimum Gasteiger partial charge on any atom is -0.477 e. The molecule has 0 aromatic heterocycles. The zero-order valence-electron chi connectivity index (χ0n) is 9.37. The Morgan fingerprint density at radius 3 is 2.53 bits per heavy atom. The third-order valence-electron chi connectivity index (χ3n) is 2.04. The fraction of sp³-hybridized carbons (Fsp3) is 0.167. The number of aliphatic carboxylic acids is 1. The monoisotopic (exact) mass is 235 g/mol. The largest absolute Gasteiger partial charge is 0.477 e. The van der Waals surface area contributed by atoms with Gasteiger partial charge in [0, 0.05) is 0 Å². The van der Waals surface area contributed by atoms with E-state index in [1.165, 1.54) is 13.0 Å². The Hall–Kier alpha value is -2.14. The van der Waals surface area contributed by atoms with Gasteiger partial charge in [0.1, 0.15) is 6.61 Å². The third-order valence-corrected chi connectivity index (χ3v) is 2.04. The minimum absolute atomic E-state index is 0.129. The lowest BCUT2D eigenvalue weighted by Gasteiger charge is -2.16. The second-order valence-electron chi connectivity index (χ2n) is 3.17. The molecule has 0 saturated heterocycles. The van der Waals surface area contributed by atoms with Crippen LogP contribution in [0.1, 0.15) is 12.5 Å². The van der Waals surface area contributed by atoms with Crippen LogP contribution in [-0.4, -0.2) is 22.5 Å². The second-order valence-corrected chi connectivity index (χ2v) is 3.17. The van der Waals surface area contributed by atoms with Crippen LogP contribution in [0.15, 0.2) is 42.1 Å². The van der Waals surface area contributed by atoms with Crippen molar-refractivity contribution >= 4 is 12.4 Å². The molecule has 0 saturated carbocycles. The van der Waals surface area contributed by atoms with E-state index in [4.69, 9.17) is 9.94 Å². The van der Waals surface area contributed by atoms with E-state index < -0.39 is 5.97 Å². The number of allylic oxidation sites excluding steroid dienone is 1. The number of carboxylic acids is 1. The average molecular weight is 235 g/mol. The van der Waals surface area contributed by atoms with E-state index in [-0.39, 0.29) is 12.3 Å². The summed E-state index contributed by atoms with van der Waals surface area (Å²) in [6.45, 7) is 1.65. The molecule has 0 bridgehead atoms. The number of hydroxylamine groups is 2. The molecule has 0 fully saturated rings. The van der Waals surface area contributed by atoms with Crippen LogP contribution in [0.4, 0.5) is 0 Å². The van der Waals surface area contributed by atoms with Gasteiger partial charge in [0.05, 0.1) is 0 Å². The van der Waals surface area contributed by atoms with E-state index in [0.717, 1.165) is 5.56 Å². The van der Waals surface area contributed by atoms with Gasteiger partial charge in [-0.25, -0.2) is 4.79 Å². The molecule has 1 aromatic rings. The van der Waals surface area contributed by atoms with E-state index in [1.807, 2.05) is 30.3 Å². The van der Waals surface area contributed by atoms with E-state index in [1.54, 1.807) is 0 Å². The first-order valence-corrected chi connectivity index (χ1v) is 5.00. The second kappa shape index (κ2) is 6.44. The van der Waals surface area contributed by atoms with Gasteiger partial charge in [-0.15, -0.1) is 0 Å². The van der Waals surface area contributed by atoms with Crippen molar-refractivity contribution in [1.29, 1.82) is 0 Å². The third kappa shape index (κ3) is 3.73. The summed E-state index contributed by atoms with van der Waals surface area (Å²) in [5.74, 6) is -1.22. The molecule has 1 aromatic carbocycles. The maximum absolute atomic E-state index is 10.8. The molecule has 17 heavy (non-hydrogen) atoms. The van der Waals surface area contributed by atoms with Crippen molar-refractivity contribution in [3.63, 3.8) is 0 Å². The van der Waals surface area contributed by atoms with Gasteiger partial charge in [0.25, 0.3) is 0 Å². The highest BCUT2D eigenvalue weighted by atomic mass is 16.7. The molecule has 0 aliphatic heterocycles. The standard InChI is InChI=1S/C12H13NO4/c1-2-11(12(15)16)13(9-14)17-8-10-6-4-3-5-7-10/h2-7,9H,8H2,1H3,(H,15,16)/b11-2+.